The minimum atomic E-state index is 0.305. The quantitative estimate of drug-likeness (QED) is 0.503. The van der Waals surface area contributed by atoms with E-state index in [1.54, 1.807) is 0 Å². The lowest BCUT2D eigenvalue weighted by Crippen LogP contribution is -2.14. The number of halogens is 1. The van der Waals surface area contributed by atoms with Crippen molar-refractivity contribution in [3.63, 3.8) is 0 Å². The van der Waals surface area contributed by atoms with E-state index in [9.17, 15) is 0 Å². The number of benzene rings is 2. The summed E-state index contributed by atoms with van der Waals surface area (Å²) in [5.74, 6) is 1.69. The minimum Gasteiger partial charge on any atom is -0.293 e. The van der Waals surface area contributed by atoms with Crippen LogP contribution in [0.1, 0.15) is 17.3 Å². The van der Waals surface area contributed by atoms with Gasteiger partial charge in [0.25, 0.3) is 0 Å². The summed E-state index contributed by atoms with van der Waals surface area (Å²) in [7, 11) is 0. The SMILES string of the molecule is Brc1ccc(-n2c(-c3ccccc3)nc3c2C=CC2C=CC=CC32)cc1. The first-order valence-corrected chi connectivity index (χ1v) is 9.58. The summed E-state index contributed by atoms with van der Waals surface area (Å²) < 4.78 is 3.35. The molecule has 0 bridgehead atoms. The van der Waals surface area contributed by atoms with Crippen molar-refractivity contribution in [2.45, 2.75) is 5.92 Å². The zero-order valence-electron chi connectivity index (χ0n) is 14.1. The predicted molar refractivity (Wildman–Crippen MR) is 110 cm³/mol. The molecule has 0 fully saturated rings. The molecule has 3 aromatic rings. The van der Waals surface area contributed by atoms with E-state index in [4.69, 9.17) is 4.98 Å². The molecule has 2 aliphatic rings. The van der Waals surface area contributed by atoms with Crippen molar-refractivity contribution in [1.29, 1.82) is 0 Å². The molecule has 26 heavy (non-hydrogen) atoms. The van der Waals surface area contributed by atoms with E-state index in [-0.39, 0.29) is 0 Å². The molecule has 2 aromatic carbocycles. The molecule has 3 heteroatoms. The van der Waals surface area contributed by atoms with Gasteiger partial charge >= 0.3 is 0 Å². The normalized spacial score (nSPS) is 20.0. The Kier molecular flexibility index (Phi) is 3.75. The Morgan fingerprint density at radius 2 is 1.62 bits per heavy atom. The molecule has 2 atom stereocenters. The fraction of sp³-hybridized carbons (Fsp3) is 0.0870. The molecular formula is C23H17BrN2. The molecule has 1 heterocycles. The Morgan fingerprint density at radius 3 is 2.42 bits per heavy atom. The molecule has 1 aromatic heterocycles. The Bertz CT molecular complexity index is 1040. The maximum Gasteiger partial charge on any atom is 0.145 e. The summed E-state index contributed by atoms with van der Waals surface area (Å²) in [4.78, 5) is 5.12. The zero-order valence-corrected chi connectivity index (χ0v) is 15.7. The van der Waals surface area contributed by atoms with E-state index in [1.165, 1.54) is 5.69 Å². The van der Waals surface area contributed by atoms with Crippen molar-refractivity contribution in [2.24, 2.45) is 5.92 Å². The lowest BCUT2D eigenvalue weighted by atomic mass is 9.81. The van der Waals surface area contributed by atoms with Gasteiger partial charge in [0.2, 0.25) is 0 Å². The molecule has 0 saturated carbocycles. The van der Waals surface area contributed by atoms with Gasteiger partial charge in [-0.15, -0.1) is 0 Å². The monoisotopic (exact) mass is 400 g/mol. The van der Waals surface area contributed by atoms with Crippen molar-refractivity contribution < 1.29 is 0 Å². The van der Waals surface area contributed by atoms with Gasteiger partial charge in [0.1, 0.15) is 5.82 Å². The number of fused-ring (bicyclic) bond motifs is 3. The molecule has 0 N–H and O–H groups in total. The highest BCUT2D eigenvalue weighted by Crippen LogP contribution is 2.40. The first-order valence-electron chi connectivity index (χ1n) is 8.78. The topological polar surface area (TPSA) is 17.8 Å². The highest BCUT2D eigenvalue weighted by atomic mass is 79.9. The Balaban J connectivity index is 1.77. The second-order valence-electron chi connectivity index (χ2n) is 6.62. The molecule has 0 saturated heterocycles. The third-order valence-corrected chi connectivity index (χ3v) is 5.56. The molecular weight excluding hydrogens is 384 g/mol. The average Bonchev–Trinajstić information content (AvgIpc) is 3.09. The summed E-state index contributed by atoms with van der Waals surface area (Å²) in [6.45, 7) is 0. The Morgan fingerprint density at radius 1 is 0.846 bits per heavy atom. The second kappa shape index (κ2) is 6.26. The number of hydrogen-bond acceptors (Lipinski definition) is 1. The van der Waals surface area contributed by atoms with Crippen LogP contribution in [-0.2, 0) is 0 Å². The number of allylic oxidation sites excluding steroid dienone is 5. The van der Waals surface area contributed by atoms with Gasteiger partial charge in [-0.3, -0.25) is 4.57 Å². The summed E-state index contributed by atoms with van der Waals surface area (Å²) >= 11 is 3.54. The van der Waals surface area contributed by atoms with Gasteiger partial charge in [0.05, 0.1) is 11.4 Å². The maximum atomic E-state index is 5.12. The average molecular weight is 401 g/mol. The van der Waals surface area contributed by atoms with Crippen molar-refractivity contribution in [3.8, 4) is 17.1 Å². The van der Waals surface area contributed by atoms with Crippen LogP contribution in [0.5, 0.6) is 0 Å². The maximum absolute atomic E-state index is 5.12. The number of aromatic nitrogens is 2. The fourth-order valence-electron chi connectivity index (χ4n) is 3.77. The lowest BCUT2D eigenvalue weighted by molar-refractivity contribution is 0.674. The van der Waals surface area contributed by atoms with Gasteiger partial charge in [-0.05, 0) is 30.3 Å². The summed E-state index contributed by atoms with van der Waals surface area (Å²) in [6.07, 6.45) is 13.3. The molecule has 126 valence electrons. The van der Waals surface area contributed by atoms with E-state index >= 15 is 0 Å². The van der Waals surface area contributed by atoms with Gasteiger partial charge < -0.3 is 0 Å². The number of hydrogen-bond donors (Lipinski definition) is 0. The van der Waals surface area contributed by atoms with Gasteiger partial charge in [-0.1, -0.05) is 76.6 Å². The van der Waals surface area contributed by atoms with Crippen LogP contribution in [0.15, 0.2) is 89.5 Å². The highest BCUT2D eigenvalue weighted by Gasteiger charge is 2.30. The molecule has 2 unspecified atom stereocenters. The number of imidazole rings is 1. The predicted octanol–water partition coefficient (Wildman–Crippen LogP) is 6.15. The molecule has 5 rings (SSSR count). The number of nitrogens with zero attached hydrogens (tertiary/aromatic N) is 2. The van der Waals surface area contributed by atoms with Crippen LogP contribution in [-0.4, -0.2) is 9.55 Å². The third kappa shape index (κ3) is 2.51. The van der Waals surface area contributed by atoms with E-state index in [2.05, 4.69) is 105 Å². The molecule has 0 spiro atoms. The first-order chi connectivity index (χ1) is 12.8. The lowest BCUT2D eigenvalue weighted by Gasteiger charge is -2.24. The van der Waals surface area contributed by atoms with Crippen LogP contribution in [0.4, 0.5) is 0 Å². The van der Waals surface area contributed by atoms with Crippen molar-refractivity contribution in [1.82, 2.24) is 9.55 Å². The summed E-state index contributed by atoms with van der Waals surface area (Å²) in [5, 5.41) is 0. The first kappa shape index (κ1) is 15.6. The van der Waals surface area contributed by atoms with Crippen LogP contribution in [0, 0.1) is 5.92 Å². The Hall–Kier alpha value is -2.65. The smallest absolute Gasteiger partial charge is 0.145 e. The van der Waals surface area contributed by atoms with Gasteiger partial charge in [0, 0.05) is 27.6 Å². The summed E-state index contributed by atoms with van der Waals surface area (Å²) in [6, 6.07) is 18.9. The summed E-state index contributed by atoms with van der Waals surface area (Å²) in [5.41, 5.74) is 4.58. The zero-order chi connectivity index (χ0) is 17.5. The van der Waals surface area contributed by atoms with Crippen LogP contribution < -0.4 is 0 Å². The van der Waals surface area contributed by atoms with Gasteiger partial charge in [-0.25, -0.2) is 4.98 Å². The molecule has 0 amide bonds. The molecule has 0 radical (unpaired) electrons. The molecule has 2 nitrogen and oxygen atoms in total. The van der Waals surface area contributed by atoms with Gasteiger partial charge in [0.15, 0.2) is 0 Å². The minimum absolute atomic E-state index is 0.305. The van der Waals surface area contributed by atoms with Crippen LogP contribution in [0.25, 0.3) is 23.2 Å². The van der Waals surface area contributed by atoms with E-state index < -0.39 is 0 Å². The second-order valence-corrected chi connectivity index (χ2v) is 7.53. The largest absolute Gasteiger partial charge is 0.293 e. The number of rotatable bonds is 2. The standard InChI is InChI=1S/C23H17BrN2/c24-18-11-13-19(14-12-18)26-21-15-10-16-6-4-5-9-20(16)22(21)25-23(26)17-7-2-1-3-8-17/h1-16,20H. The van der Waals surface area contributed by atoms with Crippen molar-refractivity contribution in [2.75, 3.05) is 0 Å². The molecule has 2 aliphatic carbocycles. The Labute approximate surface area is 161 Å². The van der Waals surface area contributed by atoms with Crippen molar-refractivity contribution >= 4 is 22.0 Å². The van der Waals surface area contributed by atoms with Gasteiger partial charge in [-0.2, -0.15) is 0 Å². The van der Waals surface area contributed by atoms with E-state index in [0.29, 0.717) is 11.8 Å². The highest BCUT2D eigenvalue weighted by molar-refractivity contribution is 9.10. The van der Waals surface area contributed by atoms with E-state index in [1.807, 2.05) is 6.07 Å². The fourth-order valence-corrected chi connectivity index (χ4v) is 4.04. The van der Waals surface area contributed by atoms with Crippen molar-refractivity contribution in [3.05, 3.63) is 101 Å². The third-order valence-electron chi connectivity index (χ3n) is 5.03. The van der Waals surface area contributed by atoms with E-state index in [0.717, 1.165) is 27.2 Å². The molecule has 0 aliphatic heterocycles. The van der Waals surface area contributed by atoms with Crippen LogP contribution >= 0.6 is 15.9 Å². The van der Waals surface area contributed by atoms with Crippen LogP contribution in [0.2, 0.25) is 0 Å². The van der Waals surface area contributed by atoms with Crippen LogP contribution in [0.3, 0.4) is 0 Å².